The minimum atomic E-state index is -3.69. The second-order valence-corrected chi connectivity index (χ2v) is 8.77. The Bertz CT molecular complexity index is 829. The molecule has 25 heavy (non-hydrogen) atoms. The van der Waals surface area contributed by atoms with E-state index in [0.29, 0.717) is 11.4 Å². The van der Waals surface area contributed by atoms with Crippen molar-refractivity contribution in [1.82, 2.24) is 4.72 Å². The Balaban J connectivity index is 1.99. The van der Waals surface area contributed by atoms with Crippen molar-refractivity contribution in [3.05, 3.63) is 41.3 Å². The molecule has 1 aromatic heterocycles. The molecule has 0 spiro atoms. The fourth-order valence-corrected chi connectivity index (χ4v) is 4.37. The summed E-state index contributed by atoms with van der Waals surface area (Å²) in [6.07, 6.45) is 0.732. The van der Waals surface area contributed by atoms with Crippen LogP contribution in [0.2, 0.25) is 0 Å². The molecular weight excluding hydrogens is 360 g/mol. The number of carbonyl (C=O) groups is 1. The van der Waals surface area contributed by atoms with E-state index in [1.807, 2.05) is 20.8 Å². The van der Waals surface area contributed by atoms with E-state index in [1.54, 1.807) is 36.4 Å². The molecule has 0 aliphatic carbocycles. The molecule has 0 aliphatic heterocycles. The second-order valence-electron chi connectivity index (χ2n) is 5.61. The van der Waals surface area contributed by atoms with E-state index in [4.69, 9.17) is 4.74 Å². The molecule has 0 atom stereocenters. The molecule has 0 unspecified atom stereocenters. The van der Waals surface area contributed by atoms with Crippen LogP contribution in [0.5, 0.6) is 5.75 Å². The lowest BCUT2D eigenvalue weighted by Gasteiger charge is -2.14. The summed E-state index contributed by atoms with van der Waals surface area (Å²) in [5, 5.41) is 2.67. The van der Waals surface area contributed by atoms with Gasteiger partial charge in [-0.3, -0.25) is 4.79 Å². The summed E-state index contributed by atoms with van der Waals surface area (Å²) in [7, 11) is -3.69. The van der Waals surface area contributed by atoms with Crippen molar-refractivity contribution < 1.29 is 17.9 Å². The molecule has 0 saturated heterocycles. The quantitative estimate of drug-likeness (QED) is 0.735. The normalized spacial score (nSPS) is 11.5. The number of ether oxygens (including phenoxy) is 1. The molecule has 2 aromatic rings. The van der Waals surface area contributed by atoms with Crippen molar-refractivity contribution in [2.24, 2.45) is 0 Å². The molecular formula is C17H22N2O4S2. The monoisotopic (exact) mass is 382 g/mol. The van der Waals surface area contributed by atoms with E-state index in [0.717, 1.165) is 11.3 Å². The van der Waals surface area contributed by atoms with Gasteiger partial charge in [0.2, 0.25) is 5.91 Å². The number of carbonyl (C=O) groups excluding carboxylic acids is 1. The van der Waals surface area contributed by atoms with Gasteiger partial charge >= 0.3 is 0 Å². The van der Waals surface area contributed by atoms with Crippen LogP contribution in [0, 0.1) is 0 Å². The van der Waals surface area contributed by atoms with E-state index in [-0.39, 0.29) is 16.9 Å². The van der Waals surface area contributed by atoms with Crippen molar-refractivity contribution in [3.63, 3.8) is 0 Å². The average Bonchev–Trinajstić information content (AvgIpc) is 3.04. The fraction of sp³-hybridized carbons (Fsp3) is 0.353. The third-order valence-electron chi connectivity index (χ3n) is 3.20. The number of amides is 1. The number of thiophene rings is 1. The fourth-order valence-electron chi connectivity index (χ4n) is 2.05. The highest BCUT2D eigenvalue weighted by molar-refractivity contribution is 7.91. The van der Waals surface area contributed by atoms with Gasteiger partial charge in [-0.05, 0) is 44.5 Å². The molecule has 136 valence electrons. The number of hydrogen-bond donors (Lipinski definition) is 2. The molecule has 2 N–H and O–H groups in total. The summed E-state index contributed by atoms with van der Waals surface area (Å²) >= 11 is 1.20. The van der Waals surface area contributed by atoms with Crippen LogP contribution in [0.15, 0.2) is 40.6 Å². The van der Waals surface area contributed by atoms with Gasteiger partial charge in [-0.15, -0.1) is 11.3 Å². The van der Waals surface area contributed by atoms with Crippen LogP contribution in [0.4, 0.5) is 5.69 Å². The van der Waals surface area contributed by atoms with E-state index in [1.165, 1.54) is 11.3 Å². The van der Waals surface area contributed by atoms with Crippen LogP contribution in [-0.4, -0.2) is 27.0 Å². The predicted octanol–water partition coefficient (Wildman–Crippen LogP) is 3.01. The minimum Gasteiger partial charge on any atom is -0.489 e. The first-order valence-corrected chi connectivity index (χ1v) is 10.3. The Morgan fingerprint density at radius 3 is 2.56 bits per heavy atom. The molecule has 0 saturated carbocycles. The van der Waals surface area contributed by atoms with E-state index in [2.05, 4.69) is 10.0 Å². The molecule has 0 radical (unpaired) electrons. The van der Waals surface area contributed by atoms with Gasteiger partial charge in [0.05, 0.1) is 18.3 Å². The third kappa shape index (κ3) is 5.55. The second kappa shape index (κ2) is 8.46. The summed E-state index contributed by atoms with van der Waals surface area (Å²) in [5.74, 6) is 0.0789. The van der Waals surface area contributed by atoms with Crippen LogP contribution >= 0.6 is 11.3 Å². The SMILES string of the molecule is CCc1ccc(S(=O)(=O)NCC(=O)Nc2ccccc2OC(C)C)s1. The zero-order valence-electron chi connectivity index (χ0n) is 14.4. The summed E-state index contributed by atoms with van der Waals surface area (Å²) in [4.78, 5) is 13.1. The van der Waals surface area contributed by atoms with Gasteiger partial charge in [0.25, 0.3) is 10.0 Å². The predicted molar refractivity (Wildman–Crippen MR) is 99.7 cm³/mol. The van der Waals surface area contributed by atoms with Gasteiger partial charge < -0.3 is 10.1 Å². The Hall–Kier alpha value is -1.90. The number of aryl methyl sites for hydroxylation is 1. The van der Waals surface area contributed by atoms with Gasteiger partial charge in [0.15, 0.2) is 0 Å². The van der Waals surface area contributed by atoms with E-state index >= 15 is 0 Å². The number of sulfonamides is 1. The Morgan fingerprint density at radius 1 is 1.20 bits per heavy atom. The Labute approximate surface area is 152 Å². The maximum Gasteiger partial charge on any atom is 0.250 e. The standard InChI is InChI=1S/C17H22N2O4S2/c1-4-13-9-10-17(24-13)25(21,22)18-11-16(20)19-14-7-5-6-8-15(14)23-12(2)3/h5-10,12,18H,4,11H2,1-3H3,(H,19,20). The van der Waals surface area contributed by atoms with Crippen LogP contribution in [0.1, 0.15) is 25.6 Å². The van der Waals surface area contributed by atoms with Crippen molar-refractivity contribution in [1.29, 1.82) is 0 Å². The van der Waals surface area contributed by atoms with Crippen LogP contribution in [-0.2, 0) is 21.2 Å². The van der Waals surface area contributed by atoms with Crippen molar-refractivity contribution >= 4 is 33.0 Å². The average molecular weight is 383 g/mol. The Morgan fingerprint density at radius 2 is 1.92 bits per heavy atom. The van der Waals surface area contributed by atoms with Crippen LogP contribution in [0.3, 0.4) is 0 Å². The zero-order valence-corrected chi connectivity index (χ0v) is 16.0. The molecule has 0 aliphatic rings. The number of hydrogen-bond acceptors (Lipinski definition) is 5. The molecule has 0 bridgehead atoms. The number of nitrogens with one attached hydrogen (secondary N) is 2. The van der Waals surface area contributed by atoms with Crippen LogP contribution in [0.25, 0.3) is 0 Å². The first-order chi connectivity index (χ1) is 11.8. The lowest BCUT2D eigenvalue weighted by molar-refractivity contribution is -0.115. The molecule has 2 rings (SSSR count). The zero-order chi connectivity index (χ0) is 18.4. The molecule has 6 nitrogen and oxygen atoms in total. The lowest BCUT2D eigenvalue weighted by atomic mass is 10.3. The third-order valence-corrected chi connectivity index (χ3v) is 6.32. The maximum atomic E-state index is 12.2. The van der Waals surface area contributed by atoms with E-state index < -0.39 is 15.9 Å². The smallest absolute Gasteiger partial charge is 0.250 e. The maximum absolute atomic E-state index is 12.2. The first kappa shape index (κ1) is 19.4. The molecule has 1 heterocycles. The van der Waals surface area contributed by atoms with Crippen molar-refractivity contribution in [2.45, 2.75) is 37.5 Å². The summed E-state index contributed by atoms with van der Waals surface area (Å²) < 4.78 is 32.6. The van der Waals surface area contributed by atoms with Gasteiger partial charge in [0, 0.05) is 4.88 Å². The van der Waals surface area contributed by atoms with E-state index in [9.17, 15) is 13.2 Å². The number of anilines is 1. The lowest BCUT2D eigenvalue weighted by Crippen LogP contribution is -2.32. The number of para-hydroxylation sites is 2. The van der Waals surface area contributed by atoms with Gasteiger partial charge in [-0.2, -0.15) is 0 Å². The molecule has 1 amide bonds. The molecule has 1 aromatic carbocycles. The summed E-state index contributed by atoms with van der Waals surface area (Å²) in [6, 6.07) is 10.4. The highest BCUT2D eigenvalue weighted by Gasteiger charge is 2.18. The highest BCUT2D eigenvalue weighted by Crippen LogP contribution is 2.25. The minimum absolute atomic E-state index is 0.0388. The van der Waals surface area contributed by atoms with Crippen molar-refractivity contribution in [2.75, 3.05) is 11.9 Å². The molecule has 0 fully saturated rings. The number of benzene rings is 1. The highest BCUT2D eigenvalue weighted by atomic mass is 32.2. The largest absolute Gasteiger partial charge is 0.489 e. The molecule has 8 heteroatoms. The Kier molecular flexibility index (Phi) is 6.57. The summed E-state index contributed by atoms with van der Waals surface area (Å²) in [6.45, 7) is 5.38. The van der Waals surface area contributed by atoms with Gasteiger partial charge in [-0.25, -0.2) is 13.1 Å². The topological polar surface area (TPSA) is 84.5 Å². The summed E-state index contributed by atoms with van der Waals surface area (Å²) in [5.41, 5.74) is 0.504. The van der Waals surface area contributed by atoms with Crippen molar-refractivity contribution in [3.8, 4) is 5.75 Å². The number of rotatable bonds is 8. The van der Waals surface area contributed by atoms with Gasteiger partial charge in [0.1, 0.15) is 9.96 Å². The first-order valence-electron chi connectivity index (χ1n) is 7.95. The van der Waals surface area contributed by atoms with Gasteiger partial charge in [-0.1, -0.05) is 19.1 Å². The van der Waals surface area contributed by atoms with Crippen LogP contribution < -0.4 is 14.8 Å².